The Bertz CT molecular complexity index is 1200. The molecule has 7 heteroatoms. The zero-order valence-corrected chi connectivity index (χ0v) is 24.7. The van der Waals surface area contributed by atoms with Crippen LogP contribution in [0, 0.1) is 34.5 Å². The summed E-state index contributed by atoms with van der Waals surface area (Å²) in [5, 5.41) is 13.8. The van der Waals surface area contributed by atoms with E-state index in [0.29, 0.717) is 19.5 Å². The average molecular weight is 564 g/mol. The molecule has 1 aromatic rings. The van der Waals surface area contributed by atoms with Gasteiger partial charge >= 0.3 is 5.97 Å². The van der Waals surface area contributed by atoms with E-state index < -0.39 is 23.1 Å². The molecular formula is C34H45NO6. The molecule has 0 unspecified atom stereocenters. The van der Waals surface area contributed by atoms with Gasteiger partial charge in [-0.3, -0.25) is 19.2 Å². The van der Waals surface area contributed by atoms with Crippen LogP contribution in [0.15, 0.2) is 55.1 Å². The highest BCUT2D eigenvalue weighted by atomic mass is 16.7. The van der Waals surface area contributed by atoms with Gasteiger partial charge in [-0.2, -0.15) is 5.06 Å². The largest absolute Gasteiger partial charge is 0.458 e. The lowest BCUT2D eigenvalue weighted by molar-refractivity contribution is -0.253. The molecule has 222 valence electrons. The van der Waals surface area contributed by atoms with Crippen LogP contribution in [0.4, 0.5) is 0 Å². The number of Topliss-reactive ketones (excluding diaryl/α,β-unsaturated/α-hetero) is 1. The molecule has 0 aromatic heterocycles. The van der Waals surface area contributed by atoms with Crippen molar-refractivity contribution in [3.8, 4) is 0 Å². The molecule has 3 aliphatic carbocycles. The molecule has 8 atom stereocenters. The summed E-state index contributed by atoms with van der Waals surface area (Å²) >= 11 is 0. The predicted molar refractivity (Wildman–Crippen MR) is 155 cm³/mol. The number of hydrogen-bond acceptors (Lipinski definition) is 7. The number of benzene rings is 1. The molecule has 0 bridgehead atoms. The summed E-state index contributed by atoms with van der Waals surface area (Å²) in [6.45, 7) is 10.2. The molecule has 0 amide bonds. The molecule has 1 heterocycles. The van der Waals surface area contributed by atoms with E-state index in [0.717, 1.165) is 38.5 Å². The molecule has 1 aromatic carbocycles. The minimum Gasteiger partial charge on any atom is -0.458 e. The zero-order chi connectivity index (χ0) is 29.4. The zero-order valence-electron chi connectivity index (χ0n) is 24.7. The molecule has 1 aliphatic heterocycles. The summed E-state index contributed by atoms with van der Waals surface area (Å²) < 4.78 is 5.25. The predicted octanol–water partition coefficient (Wildman–Crippen LogP) is 4.88. The third kappa shape index (κ3) is 5.26. The van der Waals surface area contributed by atoms with Crippen molar-refractivity contribution in [2.75, 3.05) is 19.7 Å². The fourth-order valence-electron chi connectivity index (χ4n) is 9.23. The fraction of sp³-hybridized carbons (Fsp3) is 0.618. The van der Waals surface area contributed by atoms with Crippen LogP contribution < -0.4 is 0 Å². The lowest BCUT2D eigenvalue weighted by atomic mass is 9.47. The average Bonchev–Trinajstić information content (AvgIpc) is 3.43. The van der Waals surface area contributed by atoms with Gasteiger partial charge in [-0.05, 0) is 79.4 Å². The molecule has 0 spiro atoms. The Labute approximate surface area is 243 Å². The summed E-state index contributed by atoms with van der Waals surface area (Å²) in [4.78, 5) is 44.6. The maximum Gasteiger partial charge on any atom is 0.303 e. The smallest absolute Gasteiger partial charge is 0.303 e. The Morgan fingerprint density at radius 1 is 1.22 bits per heavy atom. The molecule has 4 aliphatic rings. The summed E-state index contributed by atoms with van der Waals surface area (Å²) in [6.07, 6.45) is 10.2. The van der Waals surface area contributed by atoms with E-state index in [1.807, 2.05) is 29.3 Å². The van der Waals surface area contributed by atoms with Crippen molar-refractivity contribution in [3.05, 3.63) is 60.7 Å². The van der Waals surface area contributed by atoms with Crippen molar-refractivity contribution in [3.63, 3.8) is 0 Å². The van der Waals surface area contributed by atoms with Crippen LogP contribution in [0.3, 0.4) is 0 Å². The second-order valence-electron chi connectivity index (χ2n) is 13.3. The number of aryl methyl sites for hydroxylation is 1. The number of fused-ring (bicyclic) bond motifs is 5. The molecular weight excluding hydrogens is 518 g/mol. The van der Waals surface area contributed by atoms with Crippen LogP contribution in [0.5, 0.6) is 0 Å². The first-order valence-corrected chi connectivity index (χ1v) is 15.2. The van der Waals surface area contributed by atoms with Crippen molar-refractivity contribution in [1.29, 1.82) is 0 Å². The number of rotatable bonds is 10. The van der Waals surface area contributed by atoms with E-state index in [1.165, 1.54) is 18.6 Å². The van der Waals surface area contributed by atoms with Crippen LogP contribution in [0.1, 0.15) is 64.9 Å². The number of esters is 1. The van der Waals surface area contributed by atoms with Gasteiger partial charge in [0.2, 0.25) is 5.78 Å². The first-order chi connectivity index (χ1) is 19.5. The lowest BCUT2D eigenvalue weighted by Gasteiger charge is -2.59. The third-order valence-electron chi connectivity index (χ3n) is 10.9. The molecule has 41 heavy (non-hydrogen) atoms. The summed E-state index contributed by atoms with van der Waals surface area (Å²) in [6, 6.07) is 10.3. The van der Waals surface area contributed by atoms with Gasteiger partial charge in [-0.25, -0.2) is 0 Å². The van der Waals surface area contributed by atoms with Crippen LogP contribution in [-0.2, 0) is 30.4 Å². The second-order valence-corrected chi connectivity index (χ2v) is 13.3. The highest BCUT2D eigenvalue weighted by Gasteiger charge is 2.74. The Morgan fingerprint density at radius 2 is 1.98 bits per heavy atom. The number of aliphatic hydroxyl groups excluding tert-OH is 1. The third-order valence-corrected chi connectivity index (χ3v) is 10.9. The number of nitrogens with zero attached hydrogens (tertiary/aromatic N) is 1. The van der Waals surface area contributed by atoms with E-state index >= 15 is 0 Å². The van der Waals surface area contributed by atoms with Crippen LogP contribution >= 0.6 is 0 Å². The number of ketones is 2. The molecule has 5 rings (SSSR count). The second kappa shape index (κ2) is 11.6. The van der Waals surface area contributed by atoms with E-state index in [1.54, 1.807) is 6.08 Å². The number of aliphatic hydroxyl groups is 1. The number of allylic oxidation sites excluding steroid dienone is 3. The maximum atomic E-state index is 14.1. The van der Waals surface area contributed by atoms with E-state index in [9.17, 15) is 19.5 Å². The molecule has 4 fully saturated rings. The van der Waals surface area contributed by atoms with Crippen LogP contribution in [0.25, 0.3) is 0 Å². The Morgan fingerprint density at radius 3 is 2.68 bits per heavy atom. The first-order valence-electron chi connectivity index (χ1n) is 15.2. The topological polar surface area (TPSA) is 93.1 Å². The van der Waals surface area contributed by atoms with Gasteiger partial charge in [0.15, 0.2) is 18.0 Å². The Balaban J connectivity index is 1.42. The molecule has 7 nitrogen and oxygen atoms in total. The first kappa shape index (κ1) is 29.9. The van der Waals surface area contributed by atoms with Crippen molar-refractivity contribution < 1.29 is 29.1 Å². The molecule has 3 saturated carbocycles. The van der Waals surface area contributed by atoms with Gasteiger partial charge in [0.05, 0.1) is 6.10 Å². The number of hydroxylamine groups is 2. The summed E-state index contributed by atoms with van der Waals surface area (Å²) in [7, 11) is 0. The van der Waals surface area contributed by atoms with Crippen molar-refractivity contribution in [1.82, 2.24) is 5.06 Å². The van der Waals surface area contributed by atoms with Crippen molar-refractivity contribution in [2.45, 2.75) is 77.4 Å². The van der Waals surface area contributed by atoms with E-state index in [2.05, 4.69) is 32.6 Å². The van der Waals surface area contributed by atoms with Gasteiger partial charge in [0.25, 0.3) is 0 Å². The number of hydrogen-bond donors (Lipinski definition) is 1. The van der Waals surface area contributed by atoms with Gasteiger partial charge in [0.1, 0.15) is 0 Å². The number of carbonyl (C=O) groups is 3. The Hall–Kier alpha value is -2.61. The van der Waals surface area contributed by atoms with E-state index in [4.69, 9.17) is 9.57 Å². The minimum absolute atomic E-state index is 0.00962. The monoisotopic (exact) mass is 563 g/mol. The van der Waals surface area contributed by atoms with Crippen LogP contribution in [-0.4, -0.2) is 59.1 Å². The van der Waals surface area contributed by atoms with Gasteiger partial charge < -0.3 is 9.84 Å². The fourth-order valence-corrected chi connectivity index (χ4v) is 9.23. The van der Waals surface area contributed by atoms with Crippen molar-refractivity contribution in [2.24, 2.45) is 34.5 Å². The van der Waals surface area contributed by atoms with Gasteiger partial charge in [-0.15, -0.1) is 0 Å². The number of ether oxygens (including phenoxy) is 1. The SMILES string of the molecule is C=CC(=O)/C=C\[C@@]1(C)CCC[C@@H]2[C@@H]1[C@@H](O)C[C@@]1(C)[C@H]2C[C@H]2CN(CCCc3ccccc3)O[C@]21C(=O)COC(C)=O. The normalized spacial score (nSPS) is 38.2. The summed E-state index contributed by atoms with van der Waals surface area (Å²) in [5.74, 6) is -0.499. The minimum atomic E-state index is -1.14. The maximum absolute atomic E-state index is 14.1. The number of carbonyl (C=O) groups excluding carboxylic acids is 3. The van der Waals surface area contributed by atoms with Crippen LogP contribution in [0.2, 0.25) is 0 Å². The van der Waals surface area contributed by atoms with Crippen molar-refractivity contribution >= 4 is 17.5 Å². The highest BCUT2D eigenvalue weighted by molar-refractivity contribution is 5.98. The molecule has 1 saturated heterocycles. The quantitative estimate of drug-likeness (QED) is 0.320. The Kier molecular flexibility index (Phi) is 8.44. The van der Waals surface area contributed by atoms with Gasteiger partial charge in [-0.1, -0.05) is 63.3 Å². The van der Waals surface area contributed by atoms with E-state index in [-0.39, 0.29) is 47.3 Å². The van der Waals surface area contributed by atoms with Gasteiger partial charge in [0, 0.05) is 31.3 Å². The lowest BCUT2D eigenvalue weighted by Crippen LogP contribution is -2.63. The highest BCUT2D eigenvalue weighted by Crippen LogP contribution is 2.69. The standard InChI is InChI=1S/C34H45NO6/c1-5-26(37)15-17-32(3)16-9-14-27-28-19-25-21-35(18-10-13-24-11-7-6-8-12-24)41-34(25,30(39)22-40-23(2)36)33(28,4)20-29(38)31(27)32/h5-8,11-12,15,17,25,27-29,31,38H,1,9-10,13-14,16,18-22H2,2-4H3/b17-15-/t25-,27-,28-,29-,31+,32+,33-,34-/m0/s1. The molecule has 0 radical (unpaired) electrons. The summed E-state index contributed by atoms with van der Waals surface area (Å²) in [5.41, 5.74) is -0.805. The molecule has 1 N–H and O–H groups in total.